The highest BCUT2D eigenvalue weighted by Crippen LogP contribution is 2.23. The van der Waals surface area contributed by atoms with Crippen LogP contribution < -0.4 is 4.72 Å². The van der Waals surface area contributed by atoms with Crippen molar-refractivity contribution >= 4 is 26.8 Å². The van der Waals surface area contributed by atoms with E-state index in [0.29, 0.717) is 35.6 Å². The number of nitriles is 1. The van der Waals surface area contributed by atoms with Crippen LogP contribution in [0.5, 0.6) is 0 Å². The molecule has 1 aliphatic rings. The molecule has 0 aliphatic carbocycles. The predicted molar refractivity (Wildman–Crippen MR) is 119 cm³/mol. The quantitative estimate of drug-likeness (QED) is 0.567. The summed E-state index contributed by atoms with van der Waals surface area (Å²) in [6.07, 6.45) is 5.17. The van der Waals surface area contributed by atoms with E-state index in [-0.39, 0.29) is 23.8 Å². The van der Waals surface area contributed by atoms with Gasteiger partial charge in [0.25, 0.3) is 0 Å². The zero-order chi connectivity index (χ0) is 22.7. The number of fused-ring (bicyclic) bond motifs is 1. The summed E-state index contributed by atoms with van der Waals surface area (Å²) in [6.45, 7) is 3.61. The molecule has 4 rings (SSSR count). The Hall–Kier alpha value is -3.16. The van der Waals surface area contributed by atoms with Gasteiger partial charge in [-0.3, -0.25) is 9.48 Å². The number of aromatic nitrogens is 3. The number of hydrogen-bond acceptors (Lipinski definition) is 5. The van der Waals surface area contributed by atoms with Gasteiger partial charge in [0.15, 0.2) is 0 Å². The lowest BCUT2D eigenvalue weighted by Gasteiger charge is -2.33. The number of sulfonamides is 1. The number of nitrogens with zero attached hydrogens (tertiary/aromatic N) is 4. The third-order valence-electron chi connectivity index (χ3n) is 6.00. The van der Waals surface area contributed by atoms with Crippen molar-refractivity contribution in [2.75, 3.05) is 13.1 Å². The maximum absolute atomic E-state index is 13.3. The van der Waals surface area contributed by atoms with E-state index in [1.54, 1.807) is 35.4 Å². The van der Waals surface area contributed by atoms with Crippen molar-refractivity contribution in [3.63, 3.8) is 0 Å². The van der Waals surface area contributed by atoms with Gasteiger partial charge in [-0.25, -0.2) is 8.42 Å². The Labute approximate surface area is 187 Å². The fraction of sp³-hybridized carbons (Fsp3) is 0.409. The predicted octanol–water partition coefficient (Wildman–Crippen LogP) is 2.23. The standard InChI is InChI=1S/C22H26N6O3S/c1-16-7-12-27(13-8-16)22(29)20(9-14-28-17(15-23)5-11-25-28)26-32(30,31)21-4-2-3-19-18(21)6-10-24-19/h2-6,10-11,16,20,24,26H,7-9,12-14H2,1H3. The number of hydrogen-bond donors (Lipinski definition) is 2. The van der Waals surface area contributed by atoms with Gasteiger partial charge in [0, 0.05) is 36.7 Å². The number of amides is 1. The molecule has 1 unspecified atom stereocenters. The van der Waals surface area contributed by atoms with E-state index < -0.39 is 16.1 Å². The number of aromatic amines is 1. The van der Waals surface area contributed by atoms with Gasteiger partial charge >= 0.3 is 0 Å². The topological polar surface area (TPSA) is 124 Å². The Kier molecular flexibility index (Phi) is 6.30. The van der Waals surface area contributed by atoms with Crippen LogP contribution in [-0.4, -0.2) is 53.1 Å². The van der Waals surface area contributed by atoms with Gasteiger partial charge in [-0.1, -0.05) is 13.0 Å². The molecule has 2 N–H and O–H groups in total. The Morgan fingerprint density at radius 2 is 2.09 bits per heavy atom. The average molecular weight is 455 g/mol. The van der Waals surface area contributed by atoms with Gasteiger partial charge in [-0.2, -0.15) is 15.1 Å². The third-order valence-corrected chi connectivity index (χ3v) is 7.53. The SMILES string of the molecule is CC1CCN(C(=O)C(CCn2nccc2C#N)NS(=O)(=O)c2cccc3[nH]ccc23)CC1. The van der Waals surface area contributed by atoms with Crippen molar-refractivity contribution in [1.82, 2.24) is 24.4 Å². The molecule has 1 atom stereocenters. The number of benzene rings is 1. The summed E-state index contributed by atoms with van der Waals surface area (Å²) in [4.78, 5) is 18.2. The zero-order valence-electron chi connectivity index (χ0n) is 17.9. The minimum Gasteiger partial charge on any atom is -0.361 e. The maximum Gasteiger partial charge on any atom is 0.241 e. The van der Waals surface area contributed by atoms with Crippen LogP contribution in [-0.2, 0) is 21.4 Å². The summed E-state index contributed by atoms with van der Waals surface area (Å²) in [5, 5.41) is 13.9. The molecular weight excluding hydrogens is 428 g/mol. The van der Waals surface area contributed by atoms with Crippen LogP contribution in [0.4, 0.5) is 0 Å². The van der Waals surface area contributed by atoms with Crippen LogP contribution in [0, 0.1) is 17.2 Å². The monoisotopic (exact) mass is 454 g/mol. The van der Waals surface area contributed by atoms with Crippen LogP contribution in [0.25, 0.3) is 10.9 Å². The molecular formula is C22H26N6O3S. The Morgan fingerprint density at radius 3 is 2.84 bits per heavy atom. The van der Waals surface area contributed by atoms with Crippen molar-refractivity contribution in [3.8, 4) is 6.07 Å². The first kappa shape index (κ1) is 22.0. The van der Waals surface area contributed by atoms with Gasteiger partial charge in [0.2, 0.25) is 15.9 Å². The molecule has 3 heterocycles. The second kappa shape index (κ2) is 9.14. The number of piperidine rings is 1. The second-order valence-corrected chi connectivity index (χ2v) is 9.90. The number of aryl methyl sites for hydroxylation is 1. The first-order valence-electron chi connectivity index (χ1n) is 10.7. The molecule has 1 aliphatic heterocycles. The van der Waals surface area contributed by atoms with Gasteiger partial charge < -0.3 is 9.88 Å². The lowest BCUT2D eigenvalue weighted by Crippen LogP contribution is -2.51. The van der Waals surface area contributed by atoms with E-state index >= 15 is 0 Å². The Bertz CT molecular complexity index is 1250. The van der Waals surface area contributed by atoms with Crippen molar-refractivity contribution < 1.29 is 13.2 Å². The summed E-state index contributed by atoms with van der Waals surface area (Å²) in [6, 6.07) is 9.37. The summed E-state index contributed by atoms with van der Waals surface area (Å²) < 4.78 is 30.7. The number of rotatable bonds is 7. The number of H-pyrrole nitrogens is 1. The molecule has 10 heteroatoms. The molecule has 1 fully saturated rings. The summed E-state index contributed by atoms with van der Waals surface area (Å²) in [5.74, 6) is 0.301. The second-order valence-electron chi connectivity index (χ2n) is 8.22. The molecule has 2 aromatic heterocycles. The lowest BCUT2D eigenvalue weighted by atomic mass is 9.98. The Morgan fingerprint density at radius 1 is 1.31 bits per heavy atom. The van der Waals surface area contributed by atoms with E-state index in [4.69, 9.17) is 0 Å². The van der Waals surface area contributed by atoms with Gasteiger partial charge in [0.05, 0.1) is 11.1 Å². The number of nitrogens with one attached hydrogen (secondary N) is 2. The third kappa shape index (κ3) is 4.54. The highest BCUT2D eigenvalue weighted by atomic mass is 32.2. The fourth-order valence-electron chi connectivity index (χ4n) is 4.08. The van der Waals surface area contributed by atoms with Crippen molar-refractivity contribution in [2.24, 2.45) is 5.92 Å². The number of carbonyl (C=O) groups is 1. The van der Waals surface area contributed by atoms with Crippen LogP contribution >= 0.6 is 0 Å². The first-order valence-corrected chi connectivity index (χ1v) is 12.2. The molecule has 3 aromatic rings. The average Bonchev–Trinajstić information content (AvgIpc) is 3.45. The Balaban J connectivity index is 1.60. The number of likely N-dealkylation sites (tertiary alicyclic amines) is 1. The van der Waals surface area contributed by atoms with E-state index in [2.05, 4.69) is 27.8 Å². The summed E-state index contributed by atoms with van der Waals surface area (Å²) >= 11 is 0. The molecule has 0 saturated carbocycles. The fourth-order valence-corrected chi connectivity index (χ4v) is 5.53. The zero-order valence-corrected chi connectivity index (χ0v) is 18.7. The van der Waals surface area contributed by atoms with E-state index in [1.165, 1.54) is 16.9 Å². The normalized spacial score (nSPS) is 16.2. The van der Waals surface area contributed by atoms with E-state index in [9.17, 15) is 18.5 Å². The highest BCUT2D eigenvalue weighted by molar-refractivity contribution is 7.89. The van der Waals surface area contributed by atoms with Gasteiger partial charge in [0.1, 0.15) is 17.8 Å². The molecule has 9 nitrogen and oxygen atoms in total. The molecule has 0 bridgehead atoms. The highest BCUT2D eigenvalue weighted by Gasteiger charge is 2.31. The molecule has 1 amide bonds. The smallest absolute Gasteiger partial charge is 0.241 e. The van der Waals surface area contributed by atoms with Crippen molar-refractivity contribution in [3.05, 3.63) is 48.4 Å². The van der Waals surface area contributed by atoms with Crippen LogP contribution in [0.3, 0.4) is 0 Å². The lowest BCUT2D eigenvalue weighted by molar-refractivity contribution is -0.134. The van der Waals surface area contributed by atoms with Crippen LogP contribution in [0.1, 0.15) is 31.9 Å². The first-order chi connectivity index (χ1) is 15.4. The number of carbonyl (C=O) groups excluding carboxylic acids is 1. The van der Waals surface area contributed by atoms with Gasteiger partial charge in [-0.05, 0) is 49.4 Å². The van der Waals surface area contributed by atoms with Crippen LogP contribution in [0.2, 0.25) is 0 Å². The molecule has 1 saturated heterocycles. The largest absolute Gasteiger partial charge is 0.361 e. The minimum absolute atomic E-state index is 0.123. The van der Waals surface area contributed by atoms with E-state index in [1.807, 2.05) is 0 Å². The van der Waals surface area contributed by atoms with Crippen molar-refractivity contribution in [1.29, 1.82) is 5.26 Å². The van der Waals surface area contributed by atoms with Crippen LogP contribution in [0.15, 0.2) is 47.6 Å². The summed E-state index contributed by atoms with van der Waals surface area (Å²) in [5.41, 5.74) is 1.07. The molecule has 0 radical (unpaired) electrons. The molecule has 1 aromatic carbocycles. The van der Waals surface area contributed by atoms with Crippen molar-refractivity contribution in [2.45, 2.75) is 43.7 Å². The molecule has 0 spiro atoms. The maximum atomic E-state index is 13.3. The van der Waals surface area contributed by atoms with Gasteiger partial charge in [-0.15, -0.1) is 0 Å². The molecule has 32 heavy (non-hydrogen) atoms. The molecule has 168 valence electrons. The minimum atomic E-state index is -3.97. The summed E-state index contributed by atoms with van der Waals surface area (Å²) in [7, 11) is -3.97. The van der Waals surface area contributed by atoms with E-state index in [0.717, 1.165) is 12.8 Å².